The number of hydrogen-bond donors (Lipinski definition) is 1. The highest BCUT2D eigenvalue weighted by atomic mass is 16.5. The number of amides is 1. The SMILES string of the molecule is CCC[C@@H]1CN(Cc2ccc(OCc3ccccn3)cc2)C[C@H]1NC(C)=O. The van der Waals surface area contributed by atoms with Gasteiger partial charge in [-0.3, -0.25) is 14.7 Å². The van der Waals surface area contributed by atoms with Gasteiger partial charge in [0.25, 0.3) is 0 Å². The molecule has 1 aliphatic rings. The van der Waals surface area contributed by atoms with E-state index in [1.54, 1.807) is 13.1 Å². The minimum Gasteiger partial charge on any atom is -0.487 e. The molecule has 5 heteroatoms. The molecule has 0 aliphatic carbocycles. The quantitative estimate of drug-likeness (QED) is 0.777. The zero-order chi connectivity index (χ0) is 19.1. The molecule has 3 rings (SSSR count). The van der Waals surface area contributed by atoms with Gasteiger partial charge in [-0.05, 0) is 42.2 Å². The number of likely N-dealkylation sites (tertiary alicyclic amines) is 1. The summed E-state index contributed by atoms with van der Waals surface area (Å²) in [6.07, 6.45) is 4.08. The number of ether oxygens (including phenoxy) is 1. The van der Waals surface area contributed by atoms with E-state index in [0.717, 1.165) is 43.9 Å². The van der Waals surface area contributed by atoms with Crippen molar-refractivity contribution in [3.8, 4) is 5.75 Å². The third kappa shape index (κ3) is 5.79. The highest BCUT2D eigenvalue weighted by Gasteiger charge is 2.32. The first-order valence-electron chi connectivity index (χ1n) is 9.75. The minimum atomic E-state index is 0.0670. The Hall–Kier alpha value is -2.40. The highest BCUT2D eigenvalue weighted by molar-refractivity contribution is 5.73. The molecule has 0 radical (unpaired) electrons. The largest absolute Gasteiger partial charge is 0.487 e. The summed E-state index contributed by atoms with van der Waals surface area (Å²) in [7, 11) is 0. The molecule has 27 heavy (non-hydrogen) atoms. The lowest BCUT2D eigenvalue weighted by Gasteiger charge is -2.18. The smallest absolute Gasteiger partial charge is 0.217 e. The Morgan fingerprint density at radius 2 is 2.04 bits per heavy atom. The average molecular weight is 367 g/mol. The standard InChI is InChI=1S/C22H29N3O2/c1-3-6-19-14-25(15-22(19)24-17(2)26)13-18-8-10-21(11-9-18)27-16-20-7-4-5-12-23-20/h4-5,7-12,19,22H,3,6,13-16H2,1-2H3,(H,24,26)/t19-,22-/m1/s1. The van der Waals surface area contributed by atoms with Gasteiger partial charge in [0.15, 0.2) is 0 Å². The Bertz CT molecular complexity index is 718. The zero-order valence-corrected chi connectivity index (χ0v) is 16.2. The van der Waals surface area contributed by atoms with Crippen LogP contribution in [0.25, 0.3) is 0 Å². The molecule has 0 bridgehead atoms. The lowest BCUT2D eigenvalue weighted by Crippen LogP contribution is -2.39. The maximum atomic E-state index is 11.5. The molecule has 1 aromatic carbocycles. The Morgan fingerprint density at radius 1 is 1.22 bits per heavy atom. The van der Waals surface area contributed by atoms with Gasteiger partial charge >= 0.3 is 0 Å². The third-order valence-electron chi connectivity index (χ3n) is 5.01. The first-order valence-corrected chi connectivity index (χ1v) is 9.75. The van der Waals surface area contributed by atoms with Crippen LogP contribution in [0.5, 0.6) is 5.75 Å². The number of hydrogen-bond acceptors (Lipinski definition) is 4. The number of benzene rings is 1. The lowest BCUT2D eigenvalue weighted by atomic mass is 9.98. The maximum absolute atomic E-state index is 11.5. The third-order valence-corrected chi connectivity index (χ3v) is 5.01. The molecule has 0 saturated carbocycles. The number of pyridine rings is 1. The van der Waals surface area contributed by atoms with Gasteiger partial charge in [0.1, 0.15) is 12.4 Å². The van der Waals surface area contributed by atoms with Crippen LogP contribution in [-0.2, 0) is 17.9 Å². The fourth-order valence-corrected chi connectivity index (χ4v) is 3.77. The fraction of sp³-hybridized carbons (Fsp3) is 0.455. The first kappa shape index (κ1) is 19.4. The van der Waals surface area contributed by atoms with E-state index >= 15 is 0 Å². The van der Waals surface area contributed by atoms with Gasteiger partial charge < -0.3 is 10.1 Å². The Labute approximate surface area is 161 Å². The number of carbonyl (C=O) groups excluding carboxylic acids is 1. The second-order valence-corrected chi connectivity index (χ2v) is 7.30. The monoisotopic (exact) mass is 367 g/mol. The van der Waals surface area contributed by atoms with E-state index in [1.807, 2.05) is 30.3 Å². The van der Waals surface area contributed by atoms with Gasteiger partial charge in [-0.25, -0.2) is 0 Å². The van der Waals surface area contributed by atoms with Crippen molar-refractivity contribution in [1.29, 1.82) is 0 Å². The van der Waals surface area contributed by atoms with Crippen molar-refractivity contribution in [2.75, 3.05) is 13.1 Å². The van der Waals surface area contributed by atoms with Crippen LogP contribution in [0.2, 0.25) is 0 Å². The predicted octanol–water partition coefficient (Wildman–Crippen LogP) is 3.40. The van der Waals surface area contributed by atoms with Crippen LogP contribution in [0.1, 0.15) is 37.9 Å². The van der Waals surface area contributed by atoms with E-state index in [0.29, 0.717) is 12.5 Å². The number of nitrogens with one attached hydrogen (secondary N) is 1. The molecular weight excluding hydrogens is 338 g/mol. The van der Waals surface area contributed by atoms with Crippen molar-refractivity contribution < 1.29 is 9.53 Å². The summed E-state index contributed by atoms with van der Waals surface area (Å²) in [5, 5.41) is 3.13. The van der Waals surface area contributed by atoms with Crippen LogP contribution in [-0.4, -0.2) is 34.9 Å². The first-order chi connectivity index (χ1) is 13.1. The van der Waals surface area contributed by atoms with Crippen LogP contribution in [0.4, 0.5) is 0 Å². The Morgan fingerprint density at radius 3 is 2.70 bits per heavy atom. The van der Waals surface area contributed by atoms with Crippen LogP contribution in [0.3, 0.4) is 0 Å². The van der Waals surface area contributed by atoms with Crippen molar-refractivity contribution in [2.24, 2.45) is 5.92 Å². The molecule has 1 N–H and O–H groups in total. The molecule has 0 unspecified atom stereocenters. The number of rotatable bonds is 8. The second kappa shape index (κ2) is 9.51. The van der Waals surface area contributed by atoms with Gasteiger partial charge in [0.2, 0.25) is 5.91 Å². The highest BCUT2D eigenvalue weighted by Crippen LogP contribution is 2.24. The Balaban J connectivity index is 1.52. The lowest BCUT2D eigenvalue weighted by molar-refractivity contribution is -0.119. The Kier molecular flexibility index (Phi) is 6.82. The van der Waals surface area contributed by atoms with Crippen LogP contribution in [0.15, 0.2) is 48.7 Å². The molecule has 0 spiro atoms. The van der Waals surface area contributed by atoms with Gasteiger partial charge in [0, 0.05) is 38.8 Å². The molecule has 144 valence electrons. The summed E-state index contributed by atoms with van der Waals surface area (Å²) in [6.45, 7) is 7.14. The van der Waals surface area contributed by atoms with Crippen molar-refractivity contribution in [1.82, 2.24) is 15.2 Å². The topological polar surface area (TPSA) is 54.5 Å². The maximum Gasteiger partial charge on any atom is 0.217 e. The molecule has 1 saturated heterocycles. The van der Waals surface area contributed by atoms with Crippen molar-refractivity contribution in [3.05, 3.63) is 59.9 Å². The van der Waals surface area contributed by atoms with E-state index in [9.17, 15) is 4.79 Å². The van der Waals surface area contributed by atoms with Gasteiger partial charge in [-0.1, -0.05) is 31.5 Å². The number of aromatic nitrogens is 1. The normalized spacial score (nSPS) is 19.8. The summed E-state index contributed by atoms with van der Waals surface area (Å²) < 4.78 is 5.80. The van der Waals surface area contributed by atoms with E-state index in [1.165, 1.54) is 5.56 Å². The minimum absolute atomic E-state index is 0.0670. The van der Waals surface area contributed by atoms with E-state index < -0.39 is 0 Å². The molecule has 5 nitrogen and oxygen atoms in total. The van der Waals surface area contributed by atoms with Crippen molar-refractivity contribution in [2.45, 2.75) is 45.9 Å². The summed E-state index contributed by atoms with van der Waals surface area (Å²) >= 11 is 0. The molecule has 1 fully saturated rings. The molecule has 1 aliphatic heterocycles. The summed E-state index contributed by atoms with van der Waals surface area (Å²) in [6, 6.07) is 14.4. The molecular formula is C22H29N3O2. The van der Waals surface area contributed by atoms with Crippen molar-refractivity contribution >= 4 is 5.91 Å². The van der Waals surface area contributed by atoms with E-state index in [2.05, 4.69) is 34.3 Å². The van der Waals surface area contributed by atoms with Crippen molar-refractivity contribution in [3.63, 3.8) is 0 Å². The summed E-state index contributed by atoms with van der Waals surface area (Å²) in [5.74, 6) is 1.46. The number of carbonyl (C=O) groups is 1. The average Bonchev–Trinajstić information content (AvgIpc) is 3.02. The van der Waals surface area contributed by atoms with Crippen LogP contribution >= 0.6 is 0 Å². The molecule has 2 heterocycles. The zero-order valence-electron chi connectivity index (χ0n) is 16.2. The molecule has 1 aromatic heterocycles. The van der Waals surface area contributed by atoms with Crippen LogP contribution < -0.4 is 10.1 Å². The number of nitrogens with zero attached hydrogens (tertiary/aromatic N) is 2. The molecule has 2 atom stereocenters. The predicted molar refractivity (Wildman–Crippen MR) is 106 cm³/mol. The fourth-order valence-electron chi connectivity index (χ4n) is 3.77. The van der Waals surface area contributed by atoms with Gasteiger partial charge in [0.05, 0.1) is 5.69 Å². The summed E-state index contributed by atoms with van der Waals surface area (Å²) in [4.78, 5) is 18.2. The van der Waals surface area contributed by atoms with Gasteiger partial charge in [-0.2, -0.15) is 0 Å². The van der Waals surface area contributed by atoms with E-state index in [-0.39, 0.29) is 11.9 Å². The summed E-state index contributed by atoms with van der Waals surface area (Å²) in [5.41, 5.74) is 2.18. The molecule has 2 aromatic rings. The van der Waals surface area contributed by atoms with Gasteiger partial charge in [-0.15, -0.1) is 0 Å². The second-order valence-electron chi connectivity index (χ2n) is 7.30. The molecule has 1 amide bonds. The van der Waals surface area contributed by atoms with Crippen LogP contribution in [0, 0.1) is 5.92 Å². The van der Waals surface area contributed by atoms with E-state index in [4.69, 9.17) is 4.74 Å².